The molecule has 2 aliphatic rings. The zero-order valence-electron chi connectivity index (χ0n) is 19.3. The highest BCUT2D eigenvalue weighted by Gasteiger charge is 2.40. The van der Waals surface area contributed by atoms with Gasteiger partial charge in [0.2, 0.25) is 5.88 Å². The van der Waals surface area contributed by atoms with E-state index < -0.39 is 5.97 Å². The Hall–Kier alpha value is -4.13. The summed E-state index contributed by atoms with van der Waals surface area (Å²) in [7, 11) is 0. The van der Waals surface area contributed by atoms with Gasteiger partial charge in [-0.2, -0.15) is 0 Å². The Morgan fingerprint density at radius 3 is 2.54 bits per heavy atom. The summed E-state index contributed by atoms with van der Waals surface area (Å²) >= 11 is 0. The summed E-state index contributed by atoms with van der Waals surface area (Å²) in [4.78, 5) is 29.6. The van der Waals surface area contributed by atoms with Crippen LogP contribution >= 0.6 is 0 Å². The molecule has 35 heavy (non-hydrogen) atoms. The number of nitrogens with one attached hydrogen (secondary N) is 1. The van der Waals surface area contributed by atoms with Gasteiger partial charge in [-0.05, 0) is 48.6 Å². The van der Waals surface area contributed by atoms with Gasteiger partial charge in [0.1, 0.15) is 5.75 Å². The molecular formula is C28H27N3O4. The maximum Gasteiger partial charge on any atom is 0.337 e. The van der Waals surface area contributed by atoms with E-state index in [4.69, 9.17) is 9.84 Å². The van der Waals surface area contributed by atoms with Crippen LogP contribution in [0.15, 0.2) is 78.5 Å². The number of hydrogen-bond acceptors (Lipinski definition) is 4. The second-order valence-electron chi connectivity index (χ2n) is 8.96. The van der Waals surface area contributed by atoms with Crippen LogP contribution in [0, 0.1) is 0 Å². The van der Waals surface area contributed by atoms with Crippen LogP contribution in [0.1, 0.15) is 46.7 Å². The number of carbonyl (C=O) groups excluding carboxylic acids is 1. The zero-order chi connectivity index (χ0) is 24.2. The molecule has 7 nitrogen and oxygen atoms in total. The number of amides is 2. The van der Waals surface area contributed by atoms with Gasteiger partial charge in [-0.25, -0.2) is 14.6 Å². The summed E-state index contributed by atoms with van der Waals surface area (Å²) in [5, 5.41) is 12.2. The number of aromatic carboxylic acids is 1. The number of carboxylic acids is 1. The van der Waals surface area contributed by atoms with Crippen molar-refractivity contribution in [1.82, 2.24) is 15.2 Å². The van der Waals surface area contributed by atoms with Crippen molar-refractivity contribution in [3.8, 4) is 11.6 Å². The Morgan fingerprint density at radius 1 is 1.03 bits per heavy atom. The van der Waals surface area contributed by atoms with Gasteiger partial charge in [0.05, 0.1) is 5.56 Å². The van der Waals surface area contributed by atoms with E-state index in [1.54, 1.807) is 6.07 Å². The minimum Gasteiger partial charge on any atom is -0.478 e. The van der Waals surface area contributed by atoms with E-state index in [9.17, 15) is 9.59 Å². The lowest BCUT2D eigenvalue weighted by Gasteiger charge is -2.28. The molecule has 1 aliphatic heterocycles. The topological polar surface area (TPSA) is 91.8 Å². The van der Waals surface area contributed by atoms with E-state index in [0.29, 0.717) is 30.6 Å². The second-order valence-corrected chi connectivity index (χ2v) is 8.96. The minimum atomic E-state index is -1.02. The normalized spacial score (nSPS) is 19.1. The van der Waals surface area contributed by atoms with Gasteiger partial charge in [-0.1, -0.05) is 54.1 Å². The SMILES string of the molecule is O=C(O)c1ccc(Oc2cccc(C=C3CCN(C(=O)NC4C[C@H]4c4ccccc4)CC3)c2)nc1. The molecule has 2 fully saturated rings. The van der Waals surface area contributed by atoms with Crippen molar-refractivity contribution < 1.29 is 19.4 Å². The number of rotatable bonds is 6. The molecule has 0 bridgehead atoms. The molecule has 2 atom stereocenters. The fraction of sp³-hybridized carbons (Fsp3) is 0.250. The first-order valence-corrected chi connectivity index (χ1v) is 11.8. The highest BCUT2D eigenvalue weighted by molar-refractivity contribution is 5.87. The lowest BCUT2D eigenvalue weighted by atomic mass is 10.0. The van der Waals surface area contributed by atoms with Gasteiger partial charge in [0.25, 0.3) is 0 Å². The predicted molar refractivity (Wildman–Crippen MR) is 133 cm³/mol. The Balaban J connectivity index is 1.13. The van der Waals surface area contributed by atoms with Crippen molar-refractivity contribution >= 4 is 18.1 Å². The maximum atomic E-state index is 12.7. The van der Waals surface area contributed by atoms with Gasteiger partial charge in [-0.15, -0.1) is 0 Å². The summed E-state index contributed by atoms with van der Waals surface area (Å²) in [6.45, 7) is 1.41. The molecule has 7 heteroatoms. The summed E-state index contributed by atoms with van der Waals surface area (Å²) in [5.41, 5.74) is 3.72. The average Bonchev–Trinajstić information content (AvgIpc) is 3.64. The highest BCUT2D eigenvalue weighted by atomic mass is 16.5. The number of hydrogen-bond donors (Lipinski definition) is 2. The Kier molecular flexibility index (Phi) is 6.48. The van der Waals surface area contributed by atoms with Crippen LogP contribution in [-0.2, 0) is 0 Å². The Morgan fingerprint density at radius 2 is 1.83 bits per heavy atom. The smallest absolute Gasteiger partial charge is 0.337 e. The third-order valence-corrected chi connectivity index (χ3v) is 6.45. The third kappa shape index (κ3) is 5.69. The molecule has 178 valence electrons. The van der Waals surface area contributed by atoms with Crippen molar-refractivity contribution in [2.45, 2.75) is 31.2 Å². The zero-order valence-corrected chi connectivity index (χ0v) is 19.3. The van der Waals surface area contributed by atoms with E-state index in [-0.39, 0.29) is 17.6 Å². The van der Waals surface area contributed by atoms with E-state index in [2.05, 4.69) is 28.5 Å². The summed E-state index contributed by atoms with van der Waals surface area (Å²) < 4.78 is 5.78. The number of carbonyl (C=O) groups is 2. The predicted octanol–water partition coefficient (Wildman–Crippen LogP) is 5.32. The molecule has 1 aromatic heterocycles. The molecule has 0 radical (unpaired) electrons. The van der Waals surface area contributed by atoms with Crippen LogP contribution in [0.2, 0.25) is 0 Å². The molecule has 2 amide bonds. The van der Waals surface area contributed by atoms with Crippen LogP contribution in [0.5, 0.6) is 11.6 Å². The molecule has 3 aromatic rings. The fourth-order valence-electron chi connectivity index (χ4n) is 4.41. The molecule has 5 rings (SSSR count). The molecule has 2 N–H and O–H groups in total. The number of ether oxygens (including phenoxy) is 1. The van der Waals surface area contributed by atoms with Crippen molar-refractivity contribution in [3.63, 3.8) is 0 Å². The van der Waals surface area contributed by atoms with E-state index in [1.165, 1.54) is 23.4 Å². The van der Waals surface area contributed by atoms with E-state index in [1.807, 2.05) is 47.4 Å². The molecule has 1 unspecified atom stereocenters. The molecule has 2 heterocycles. The maximum absolute atomic E-state index is 12.7. The lowest BCUT2D eigenvalue weighted by Crippen LogP contribution is -2.44. The van der Waals surface area contributed by atoms with Gasteiger partial charge in [0, 0.05) is 37.3 Å². The Labute approximate surface area is 204 Å². The summed E-state index contributed by atoms with van der Waals surface area (Å²) in [6, 6.07) is 21.3. The van der Waals surface area contributed by atoms with Crippen LogP contribution in [0.25, 0.3) is 6.08 Å². The number of aromatic nitrogens is 1. The average molecular weight is 470 g/mol. The number of nitrogens with zero attached hydrogens (tertiary/aromatic N) is 2. The Bertz CT molecular complexity index is 1230. The van der Waals surface area contributed by atoms with Crippen LogP contribution in [0.3, 0.4) is 0 Å². The quantitative estimate of drug-likeness (QED) is 0.510. The lowest BCUT2D eigenvalue weighted by molar-refractivity contribution is 0.0696. The fourth-order valence-corrected chi connectivity index (χ4v) is 4.41. The van der Waals surface area contributed by atoms with Gasteiger partial charge >= 0.3 is 12.0 Å². The monoisotopic (exact) mass is 469 g/mol. The van der Waals surface area contributed by atoms with Gasteiger partial charge < -0.3 is 20.1 Å². The standard InChI is InChI=1S/C28H27N3O4/c32-27(33)22-9-10-26(29-18-22)35-23-8-4-5-20(16-23)15-19-11-13-31(14-12-19)28(34)30-25-17-24(25)21-6-2-1-3-7-21/h1-10,15-16,18,24-25H,11-14,17H2,(H,30,34)(H,32,33)/t24-,25?/m0/s1. The van der Waals surface area contributed by atoms with E-state index >= 15 is 0 Å². The second kappa shape index (κ2) is 10.0. The number of urea groups is 1. The van der Waals surface area contributed by atoms with Crippen molar-refractivity contribution in [2.75, 3.05) is 13.1 Å². The molecule has 1 saturated heterocycles. The molecule has 0 spiro atoms. The number of piperidine rings is 1. The number of carboxylic acid groups (broad SMARTS) is 1. The number of benzene rings is 2. The van der Waals surface area contributed by atoms with Crippen LogP contribution < -0.4 is 10.1 Å². The third-order valence-electron chi connectivity index (χ3n) is 6.45. The first kappa shape index (κ1) is 22.7. The first-order chi connectivity index (χ1) is 17.0. The summed E-state index contributed by atoms with van der Waals surface area (Å²) in [6.07, 6.45) is 6.10. The van der Waals surface area contributed by atoms with Crippen molar-refractivity contribution in [3.05, 3.63) is 95.2 Å². The van der Waals surface area contributed by atoms with Crippen LogP contribution in [-0.4, -0.2) is 46.1 Å². The molecule has 1 saturated carbocycles. The number of pyridine rings is 1. The number of likely N-dealkylation sites (tertiary alicyclic amines) is 1. The molecule has 2 aromatic carbocycles. The molecular weight excluding hydrogens is 442 g/mol. The van der Waals surface area contributed by atoms with E-state index in [0.717, 1.165) is 24.8 Å². The molecule has 1 aliphatic carbocycles. The highest BCUT2D eigenvalue weighted by Crippen LogP contribution is 2.40. The first-order valence-electron chi connectivity index (χ1n) is 11.8. The van der Waals surface area contributed by atoms with Gasteiger partial charge in [0.15, 0.2) is 0 Å². The van der Waals surface area contributed by atoms with Crippen LogP contribution in [0.4, 0.5) is 4.79 Å². The van der Waals surface area contributed by atoms with Gasteiger partial charge in [-0.3, -0.25) is 0 Å². The minimum absolute atomic E-state index is 0.0318. The van der Waals surface area contributed by atoms with Crippen molar-refractivity contribution in [1.29, 1.82) is 0 Å². The van der Waals surface area contributed by atoms with Crippen molar-refractivity contribution in [2.24, 2.45) is 0 Å². The largest absolute Gasteiger partial charge is 0.478 e. The summed E-state index contributed by atoms with van der Waals surface area (Å²) in [5.74, 6) is 0.374.